The predicted molar refractivity (Wildman–Crippen MR) is 34.7 cm³/mol. The number of hydrogen-bond donors (Lipinski definition) is 0. The molecule has 0 saturated heterocycles. The second-order valence-electron chi connectivity index (χ2n) is 1.62. The molecule has 8 heavy (non-hydrogen) atoms. The van der Waals surface area contributed by atoms with E-state index in [0.717, 1.165) is 0 Å². The normalized spacial score (nSPS) is 16.9. The first-order valence-corrected chi connectivity index (χ1v) is 2.56. The molecule has 0 bridgehead atoms. The lowest BCUT2D eigenvalue weighted by atomic mass is 10.2. The van der Waals surface area contributed by atoms with Crippen molar-refractivity contribution >= 4 is 11.6 Å². The lowest BCUT2D eigenvalue weighted by Crippen LogP contribution is -2.08. The summed E-state index contributed by atoms with van der Waals surface area (Å²) in [4.78, 5) is 0. The summed E-state index contributed by atoms with van der Waals surface area (Å²) in [6, 6.07) is 0. The Morgan fingerprint density at radius 3 is 2.25 bits per heavy atom. The Morgan fingerprint density at radius 1 is 1.88 bits per heavy atom. The van der Waals surface area contributed by atoms with Gasteiger partial charge in [0.2, 0.25) is 5.13 Å². The molecular formula is C6H8ClF. The molecule has 0 heterocycles. The van der Waals surface area contributed by atoms with Crippen LogP contribution in [-0.4, -0.2) is 5.13 Å². The minimum Gasteiger partial charge on any atom is -0.221 e. The van der Waals surface area contributed by atoms with Gasteiger partial charge in [-0.2, -0.15) is 0 Å². The van der Waals surface area contributed by atoms with Crippen molar-refractivity contribution < 1.29 is 4.39 Å². The van der Waals surface area contributed by atoms with Gasteiger partial charge in [0.05, 0.1) is 0 Å². The molecule has 2 heteroatoms. The second kappa shape index (κ2) is 2.31. The van der Waals surface area contributed by atoms with Crippen LogP contribution in [0.15, 0.2) is 24.8 Å². The third-order valence-corrected chi connectivity index (χ3v) is 1.05. The number of alkyl halides is 2. The Hall–Kier alpha value is -0.300. The van der Waals surface area contributed by atoms with E-state index in [4.69, 9.17) is 11.6 Å². The highest BCUT2D eigenvalue weighted by Gasteiger charge is 2.19. The molecule has 0 N–H and O–H groups in total. The first-order chi connectivity index (χ1) is 3.48. The van der Waals surface area contributed by atoms with Crippen LogP contribution in [0, 0.1) is 0 Å². The second-order valence-corrected chi connectivity index (χ2v) is 2.33. The van der Waals surface area contributed by atoms with E-state index in [9.17, 15) is 4.39 Å². The van der Waals surface area contributed by atoms with E-state index in [-0.39, 0.29) is 5.57 Å². The number of hydrogen-bond acceptors (Lipinski definition) is 0. The van der Waals surface area contributed by atoms with Gasteiger partial charge in [-0.25, -0.2) is 4.39 Å². The molecule has 0 radical (unpaired) electrons. The van der Waals surface area contributed by atoms with Crippen molar-refractivity contribution in [1.82, 2.24) is 0 Å². The quantitative estimate of drug-likeness (QED) is 0.402. The summed E-state index contributed by atoms with van der Waals surface area (Å²) in [5.74, 6) is 0. The van der Waals surface area contributed by atoms with Gasteiger partial charge in [-0.3, -0.25) is 0 Å². The average molecular weight is 135 g/mol. The van der Waals surface area contributed by atoms with Crippen LogP contribution >= 0.6 is 11.6 Å². The average Bonchev–Trinajstić information content (AvgIpc) is 1.62. The highest BCUT2D eigenvalue weighted by molar-refractivity contribution is 6.24. The topological polar surface area (TPSA) is 0 Å². The van der Waals surface area contributed by atoms with E-state index < -0.39 is 5.13 Å². The molecule has 46 valence electrons. The molecule has 0 saturated carbocycles. The molecule has 0 amide bonds. The van der Waals surface area contributed by atoms with Crippen molar-refractivity contribution in [2.75, 3.05) is 0 Å². The summed E-state index contributed by atoms with van der Waals surface area (Å²) in [6.45, 7) is 7.84. The Morgan fingerprint density at radius 2 is 2.25 bits per heavy atom. The van der Waals surface area contributed by atoms with Crippen LogP contribution < -0.4 is 0 Å². The summed E-state index contributed by atoms with van der Waals surface area (Å²) in [5, 5.41) is -1.83. The zero-order valence-electron chi connectivity index (χ0n) is 4.75. The molecule has 0 aromatic carbocycles. The van der Waals surface area contributed by atoms with E-state index in [1.165, 1.54) is 13.0 Å². The van der Waals surface area contributed by atoms with Crippen LogP contribution in [0.3, 0.4) is 0 Å². The summed E-state index contributed by atoms with van der Waals surface area (Å²) >= 11 is 5.15. The summed E-state index contributed by atoms with van der Waals surface area (Å²) in [7, 11) is 0. The van der Waals surface area contributed by atoms with E-state index in [1.54, 1.807) is 0 Å². The molecule has 0 aromatic heterocycles. The van der Waals surface area contributed by atoms with Crippen LogP contribution in [0.1, 0.15) is 6.92 Å². The maximum Gasteiger partial charge on any atom is 0.205 e. The van der Waals surface area contributed by atoms with Gasteiger partial charge in [-0.15, -0.1) is 0 Å². The van der Waals surface area contributed by atoms with Crippen molar-refractivity contribution in [2.45, 2.75) is 12.1 Å². The van der Waals surface area contributed by atoms with Crippen LogP contribution in [0.25, 0.3) is 0 Å². The maximum absolute atomic E-state index is 12.4. The smallest absolute Gasteiger partial charge is 0.205 e. The van der Waals surface area contributed by atoms with Gasteiger partial charge in [0.15, 0.2) is 0 Å². The monoisotopic (exact) mass is 134 g/mol. The highest BCUT2D eigenvalue weighted by Crippen LogP contribution is 2.24. The SMILES string of the molecule is C=CC(=C)C(C)(F)Cl. The number of rotatable bonds is 2. The standard InChI is InChI=1S/C6H8ClF/c1-4-5(2)6(3,7)8/h4H,1-2H2,3H3. The fraction of sp³-hybridized carbons (Fsp3) is 0.333. The van der Waals surface area contributed by atoms with Gasteiger partial charge in [0.1, 0.15) is 0 Å². The molecule has 0 aliphatic heterocycles. The zero-order chi connectivity index (χ0) is 6.78. The largest absolute Gasteiger partial charge is 0.221 e. The van der Waals surface area contributed by atoms with E-state index >= 15 is 0 Å². The fourth-order valence-corrected chi connectivity index (χ4v) is 0.256. The number of halogens is 2. The highest BCUT2D eigenvalue weighted by atomic mass is 35.5. The number of allylic oxidation sites excluding steroid dienone is 2. The maximum atomic E-state index is 12.4. The van der Waals surface area contributed by atoms with Crippen molar-refractivity contribution in [2.24, 2.45) is 0 Å². The molecule has 1 atom stereocenters. The molecule has 1 unspecified atom stereocenters. The lowest BCUT2D eigenvalue weighted by Gasteiger charge is -2.09. The van der Waals surface area contributed by atoms with Crippen molar-refractivity contribution in [3.63, 3.8) is 0 Å². The van der Waals surface area contributed by atoms with E-state index in [1.807, 2.05) is 0 Å². The minimum atomic E-state index is -1.83. The van der Waals surface area contributed by atoms with Gasteiger partial charge < -0.3 is 0 Å². The summed E-state index contributed by atoms with van der Waals surface area (Å²) in [5.41, 5.74) is 0.194. The van der Waals surface area contributed by atoms with Gasteiger partial charge in [-0.1, -0.05) is 30.8 Å². The molecule has 0 aliphatic rings. The Kier molecular flexibility index (Phi) is 2.23. The molecule has 0 aliphatic carbocycles. The van der Waals surface area contributed by atoms with E-state index in [0.29, 0.717) is 0 Å². The summed E-state index contributed by atoms with van der Waals surface area (Å²) in [6.07, 6.45) is 1.30. The van der Waals surface area contributed by atoms with Crippen LogP contribution in [-0.2, 0) is 0 Å². The molecule has 0 spiro atoms. The Bertz CT molecular complexity index is 110. The fourth-order valence-electron chi connectivity index (χ4n) is 0.179. The lowest BCUT2D eigenvalue weighted by molar-refractivity contribution is 0.364. The van der Waals surface area contributed by atoms with Gasteiger partial charge >= 0.3 is 0 Å². The third kappa shape index (κ3) is 2.12. The Balaban J connectivity index is 4.02. The van der Waals surface area contributed by atoms with Crippen molar-refractivity contribution in [1.29, 1.82) is 0 Å². The predicted octanol–water partition coefficient (Wildman–Crippen LogP) is 2.65. The van der Waals surface area contributed by atoms with Gasteiger partial charge in [-0.05, 0) is 12.5 Å². The molecular weight excluding hydrogens is 127 g/mol. The van der Waals surface area contributed by atoms with Crippen molar-refractivity contribution in [3.05, 3.63) is 24.8 Å². The molecule has 0 nitrogen and oxygen atoms in total. The Labute approximate surface area is 53.7 Å². The first-order valence-electron chi connectivity index (χ1n) is 2.18. The minimum absolute atomic E-state index is 0.194. The van der Waals surface area contributed by atoms with Crippen LogP contribution in [0.4, 0.5) is 4.39 Å². The molecule has 0 aromatic rings. The summed E-state index contributed by atoms with van der Waals surface area (Å²) < 4.78 is 12.4. The molecule has 0 fully saturated rings. The van der Waals surface area contributed by atoms with E-state index in [2.05, 4.69) is 13.2 Å². The van der Waals surface area contributed by atoms with Gasteiger partial charge in [0, 0.05) is 0 Å². The molecule has 0 rings (SSSR count). The zero-order valence-corrected chi connectivity index (χ0v) is 5.50. The third-order valence-electron chi connectivity index (χ3n) is 0.810. The van der Waals surface area contributed by atoms with Crippen LogP contribution in [0.5, 0.6) is 0 Å². The van der Waals surface area contributed by atoms with Gasteiger partial charge in [0.25, 0.3) is 0 Å². The first kappa shape index (κ1) is 7.70. The van der Waals surface area contributed by atoms with Crippen molar-refractivity contribution in [3.8, 4) is 0 Å². The van der Waals surface area contributed by atoms with Crippen LogP contribution in [0.2, 0.25) is 0 Å².